The topological polar surface area (TPSA) is 71.4 Å². The summed E-state index contributed by atoms with van der Waals surface area (Å²) in [4.78, 5) is 25.1. The molecule has 1 aliphatic rings. The number of rotatable bonds is 4. The van der Waals surface area contributed by atoms with Crippen LogP contribution in [0.3, 0.4) is 0 Å². The standard InChI is InChI=1S/C18H16F3NO4S/c1-26-17(24)12-7-8-22-13(12)9-14(27(2)25)15(22)16(23)10-3-5-11(6-4-10)18(19,20)21/h3-6,9,12H,7-8H2,1-2H3. The van der Waals surface area contributed by atoms with Gasteiger partial charge in [-0.15, -0.1) is 0 Å². The minimum Gasteiger partial charge on any atom is -0.612 e. The quantitative estimate of drug-likeness (QED) is 0.450. The fourth-order valence-corrected chi connectivity index (χ4v) is 4.02. The Morgan fingerprint density at radius 2 is 1.89 bits per heavy atom. The van der Waals surface area contributed by atoms with E-state index in [1.807, 2.05) is 0 Å². The van der Waals surface area contributed by atoms with Crippen LogP contribution in [-0.4, -0.2) is 34.2 Å². The van der Waals surface area contributed by atoms with Crippen molar-refractivity contribution in [1.82, 2.24) is 4.57 Å². The number of ketones is 1. The monoisotopic (exact) mass is 399 g/mol. The van der Waals surface area contributed by atoms with Crippen molar-refractivity contribution >= 4 is 22.9 Å². The molecule has 0 saturated carbocycles. The van der Waals surface area contributed by atoms with Gasteiger partial charge in [0.1, 0.15) is 11.9 Å². The molecular weight excluding hydrogens is 383 g/mol. The van der Waals surface area contributed by atoms with Crippen molar-refractivity contribution in [2.45, 2.75) is 30.0 Å². The fraction of sp³-hybridized carbons (Fsp3) is 0.333. The highest BCUT2D eigenvalue weighted by atomic mass is 32.2. The van der Waals surface area contributed by atoms with Crippen LogP contribution in [0.25, 0.3) is 0 Å². The summed E-state index contributed by atoms with van der Waals surface area (Å²) in [5.74, 6) is -1.55. The first-order valence-electron chi connectivity index (χ1n) is 8.01. The maximum atomic E-state index is 12.9. The molecule has 3 rings (SSSR count). The lowest BCUT2D eigenvalue weighted by atomic mass is 10.0. The van der Waals surface area contributed by atoms with Crippen LogP contribution in [-0.2, 0) is 33.4 Å². The Labute approximate surface area is 156 Å². The van der Waals surface area contributed by atoms with Gasteiger partial charge >= 0.3 is 12.1 Å². The minimum absolute atomic E-state index is 0.0529. The van der Waals surface area contributed by atoms with Gasteiger partial charge in [0.05, 0.1) is 18.6 Å². The van der Waals surface area contributed by atoms with Crippen molar-refractivity contribution in [3.63, 3.8) is 0 Å². The van der Waals surface area contributed by atoms with E-state index in [0.29, 0.717) is 18.7 Å². The number of nitrogens with zero attached hydrogens (tertiary/aromatic N) is 1. The average Bonchev–Trinajstić information content (AvgIpc) is 3.19. The highest BCUT2D eigenvalue weighted by Gasteiger charge is 2.38. The molecule has 0 radical (unpaired) electrons. The Morgan fingerprint density at radius 3 is 2.41 bits per heavy atom. The van der Waals surface area contributed by atoms with E-state index >= 15 is 0 Å². The molecule has 0 fully saturated rings. The van der Waals surface area contributed by atoms with E-state index in [4.69, 9.17) is 4.74 Å². The molecule has 1 aromatic heterocycles. The van der Waals surface area contributed by atoms with Crippen LogP contribution >= 0.6 is 0 Å². The van der Waals surface area contributed by atoms with Crippen LogP contribution in [0.4, 0.5) is 13.2 Å². The van der Waals surface area contributed by atoms with E-state index in [-0.39, 0.29) is 16.2 Å². The van der Waals surface area contributed by atoms with Gasteiger partial charge in [0.15, 0.2) is 4.90 Å². The van der Waals surface area contributed by atoms with Gasteiger partial charge in [-0.2, -0.15) is 13.2 Å². The zero-order valence-electron chi connectivity index (χ0n) is 14.5. The molecule has 2 heterocycles. The van der Waals surface area contributed by atoms with Crippen LogP contribution < -0.4 is 0 Å². The van der Waals surface area contributed by atoms with Crippen LogP contribution in [0, 0.1) is 0 Å². The average molecular weight is 399 g/mol. The third-order valence-corrected chi connectivity index (χ3v) is 5.51. The second kappa shape index (κ2) is 7.05. The maximum absolute atomic E-state index is 12.9. The summed E-state index contributed by atoms with van der Waals surface area (Å²) in [5.41, 5.74) is -0.138. The first kappa shape index (κ1) is 19.5. The molecule has 27 heavy (non-hydrogen) atoms. The Morgan fingerprint density at radius 1 is 1.26 bits per heavy atom. The SMILES string of the molecule is COC(=O)C1CCn2c1cc([S+](C)[O-])c2C(=O)c1ccc(C(F)(F)F)cc1. The molecule has 0 saturated heterocycles. The van der Waals surface area contributed by atoms with Gasteiger partial charge in [-0.3, -0.25) is 9.59 Å². The van der Waals surface area contributed by atoms with Crippen molar-refractivity contribution in [2.75, 3.05) is 13.4 Å². The molecule has 0 N–H and O–H groups in total. The first-order valence-corrected chi connectivity index (χ1v) is 9.57. The number of carbonyl (C=O) groups excluding carboxylic acids is 2. The number of alkyl halides is 3. The van der Waals surface area contributed by atoms with E-state index < -0.39 is 40.6 Å². The largest absolute Gasteiger partial charge is 0.612 e. The smallest absolute Gasteiger partial charge is 0.416 e. The third kappa shape index (κ3) is 3.49. The lowest BCUT2D eigenvalue weighted by molar-refractivity contribution is -0.142. The number of esters is 1. The fourth-order valence-electron chi connectivity index (χ4n) is 3.26. The van der Waals surface area contributed by atoms with E-state index in [0.717, 1.165) is 24.3 Å². The molecule has 1 aromatic carbocycles. The Bertz CT molecular complexity index is 887. The summed E-state index contributed by atoms with van der Waals surface area (Å²) >= 11 is -1.51. The van der Waals surface area contributed by atoms with Gasteiger partial charge in [0.25, 0.3) is 0 Å². The molecular formula is C18H16F3NO4S. The molecule has 0 bridgehead atoms. The van der Waals surface area contributed by atoms with E-state index in [1.165, 1.54) is 13.4 Å². The number of ether oxygens (including phenoxy) is 1. The molecule has 0 aliphatic carbocycles. The normalized spacial score (nSPS) is 17.5. The zero-order valence-corrected chi connectivity index (χ0v) is 15.3. The van der Waals surface area contributed by atoms with Gasteiger partial charge in [0, 0.05) is 23.9 Å². The van der Waals surface area contributed by atoms with Crippen LogP contribution in [0.5, 0.6) is 0 Å². The number of carbonyl (C=O) groups is 2. The van der Waals surface area contributed by atoms with E-state index in [2.05, 4.69) is 0 Å². The number of aromatic nitrogens is 1. The molecule has 2 atom stereocenters. The summed E-state index contributed by atoms with van der Waals surface area (Å²) in [7, 11) is 1.26. The summed E-state index contributed by atoms with van der Waals surface area (Å²) < 4.78 is 56.7. The van der Waals surface area contributed by atoms with Gasteiger partial charge in [0.2, 0.25) is 5.78 Å². The molecule has 0 spiro atoms. The predicted molar refractivity (Wildman–Crippen MR) is 91.0 cm³/mol. The Kier molecular flexibility index (Phi) is 5.09. The second-order valence-electron chi connectivity index (χ2n) is 6.16. The molecule has 1 aliphatic heterocycles. The van der Waals surface area contributed by atoms with Crippen LogP contribution in [0.15, 0.2) is 35.2 Å². The second-order valence-corrected chi connectivity index (χ2v) is 7.50. The lowest BCUT2D eigenvalue weighted by Gasteiger charge is -2.10. The number of fused-ring (bicyclic) bond motifs is 1. The predicted octanol–water partition coefficient (Wildman–Crippen LogP) is 3.14. The summed E-state index contributed by atoms with van der Waals surface area (Å²) in [6.45, 7) is 0.355. The highest BCUT2D eigenvalue weighted by Crippen LogP contribution is 2.36. The molecule has 9 heteroatoms. The summed E-state index contributed by atoms with van der Waals surface area (Å²) in [5, 5.41) is 0. The Hall–Kier alpha value is -2.26. The number of benzene rings is 1. The highest BCUT2D eigenvalue weighted by molar-refractivity contribution is 7.90. The van der Waals surface area contributed by atoms with E-state index in [9.17, 15) is 27.3 Å². The van der Waals surface area contributed by atoms with Crippen molar-refractivity contribution < 1.29 is 32.0 Å². The van der Waals surface area contributed by atoms with Crippen molar-refractivity contribution in [3.05, 3.63) is 52.8 Å². The van der Waals surface area contributed by atoms with Crippen LogP contribution in [0.1, 0.15) is 39.6 Å². The summed E-state index contributed by atoms with van der Waals surface area (Å²) in [6, 6.07) is 5.41. The van der Waals surface area contributed by atoms with Gasteiger partial charge in [-0.1, -0.05) is 12.1 Å². The van der Waals surface area contributed by atoms with Crippen molar-refractivity contribution in [1.29, 1.82) is 0 Å². The van der Waals surface area contributed by atoms with E-state index in [1.54, 1.807) is 10.6 Å². The van der Waals surface area contributed by atoms with Crippen molar-refractivity contribution in [3.8, 4) is 0 Å². The van der Waals surface area contributed by atoms with Gasteiger partial charge in [-0.05, 0) is 29.7 Å². The maximum Gasteiger partial charge on any atom is 0.416 e. The third-order valence-electron chi connectivity index (χ3n) is 4.58. The minimum atomic E-state index is -4.50. The molecule has 2 aromatic rings. The summed E-state index contributed by atoms with van der Waals surface area (Å²) in [6.07, 6.45) is -2.66. The van der Waals surface area contributed by atoms with Crippen LogP contribution in [0.2, 0.25) is 0 Å². The number of halogens is 3. The zero-order chi connectivity index (χ0) is 19.9. The molecule has 0 amide bonds. The van der Waals surface area contributed by atoms with Gasteiger partial charge in [-0.25, -0.2) is 0 Å². The number of hydrogen-bond acceptors (Lipinski definition) is 4. The number of hydrogen-bond donors (Lipinski definition) is 0. The Balaban J connectivity index is 2.04. The number of methoxy groups -OCH3 is 1. The molecule has 5 nitrogen and oxygen atoms in total. The first-order chi connectivity index (χ1) is 12.6. The molecule has 2 unspecified atom stereocenters. The van der Waals surface area contributed by atoms with Gasteiger partial charge < -0.3 is 13.9 Å². The van der Waals surface area contributed by atoms with Crippen molar-refractivity contribution in [2.24, 2.45) is 0 Å². The lowest BCUT2D eigenvalue weighted by Crippen LogP contribution is -2.14. The molecule has 144 valence electrons.